The molecular formula is C14H13FN2O3. The van der Waals surface area contributed by atoms with Crippen LogP contribution >= 0.6 is 0 Å². The second kappa shape index (κ2) is 5.24. The van der Waals surface area contributed by atoms with Gasteiger partial charge in [0.2, 0.25) is 0 Å². The van der Waals surface area contributed by atoms with Gasteiger partial charge < -0.3 is 4.57 Å². The zero-order chi connectivity index (χ0) is 14.9. The van der Waals surface area contributed by atoms with Crippen LogP contribution in [0.15, 0.2) is 35.3 Å². The maximum atomic E-state index is 13.2. The van der Waals surface area contributed by atoms with Gasteiger partial charge in [-0.15, -0.1) is 0 Å². The van der Waals surface area contributed by atoms with E-state index in [1.54, 1.807) is 13.0 Å². The van der Waals surface area contributed by atoms with Gasteiger partial charge in [0.25, 0.3) is 11.2 Å². The van der Waals surface area contributed by atoms with Gasteiger partial charge in [0.1, 0.15) is 5.82 Å². The van der Waals surface area contributed by atoms with Crippen molar-refractivity contribution in [2.24, 2.45) is 0 Å². The van der Waals surface area contributed by atoms with Gasteiger partial charge in [-0.25, -0.2) is 4.39 Å². The average molecular weight is 276 g/mol. The van der Waals surface area contributed by atoms with E-state index in [2.05, 4.69) is 0 Å². The number of aromatic nitrogens is 1. The molecule has 5 nitrogen and oxygen atoms in total. The Bertz CT molecular complexity index is 738. The van der Waals surface area contributed by atoms with Crippen molar-refractivity contribution in [1.82, 2.24) is 4.57 Å². The zero-order valence-electron chi connectivity index (χ0n) is 11.1. The average Bonchev–Trinajstić information content (AvgIpc) is 2.38. The molecule has 0 N–H and O–H groups in total. The molecule has 0 aliphatic rings. The molecule has 0 spiro atoms. The fourth-order valence-electron chi connectivity index (χ4n) is 1.98. The third kappa shape index (κ3) is 2.74. The lowest BCUT2D eigenvalue weighted by molar-refractivity contribution is -0.385. The summed E-state index contributed by atoms with van der Waals surface area (Å²) in [7, 11) is 0. The van der Waals surface area contributed by atoms with Crippen LogP contribution in [0, 0.1) is 29.8 Å². The highest BCUT2D eigenvalue weighted by molar-refractivity contribution is 5.32. The van der Waals surface area contributed by atoms with E-state index in [0.717, 1.165) is 5.56 Å². The van der Waals surface area contributed by atoms with Crippen LogP contribution in [0.1, 0.15) is 16.7 Å². The zero-order valence-corrected chi connectivity index (χ0v) is 11.1. The maximum Gasteiger partial charge on any atom is 0.286 e. The molecule has 0 saturated carbocycles. The van der Waals surface area contributed by atoms with E-state index in [4.69, 9.17) is 0 Å². The van der Waals surface area contributed by atoms with Gasteiger partial charge in [-0.05, 0) is 37.1 Å². The van der Waals surface area contributed by atoms with Crippen LogP contribution in [0.25, 0.3) is 0 Å². The predicted molar refractivity (Wildman–Crippen MR) is 72.3 cm³/mol. The molecule has 2 aromatic rings. The first-order valence-electron chi connectivity index (χ1n) is 5.99. The van der Waals surface area contributed by atoms with Crippen molar-refractivity contribution >= 4 is 5.69 Å². The molecule has 20 heavy (non-hydrogen) atoms. The Labute approximate surface area is 114 Å². The van der Waals surface area contributed by atoms with Crippen molar-refractivity contribution < 1.29 is 9.31 Å². The van der Waals surface area contributed by atoms with E-state index in [1.807, 2.05) is 0 Å². The minimum Gasteiger partial charge on any atom is -0.304 e. The summed E-state index contributed by atoms with van der Waals surface area (Å²) < 4.78 is 14.5. The molecule has 0 radical (unpaired) electrons. The van der Waals surface area contributed by atoms with Crippen molar-refractivity contribution in [1.29, 1.82) is 0 Å². The summed E-state index contributed by atoms with van der Waals surface area (Å²) in [6.45, 7) is 3.42. The maximum absolute atomic E-state index is 13.2. The number of nitro groups is 1. The molecule has 1 heterocycles. The molecule has 0 aliphatic carbocycles. The van der Waals surface area contributed by atoms with Crippen molar-refractivity contribution in [3.05, 3.63) is 73.4 Å². The molecule has 0 unspecified atom stereocenters. The van der Waals surface area contributed by atoms with Crippen molar-refractivity contribution in [2.75, 3.05) is 0 Å². The second-order valence-corrected chi connectivity index (χ2v) is 4.64. The van der Waals surface area contributed by atoms with E-state index < -0.39 is 10.7 Å². The fraction of sp³-hybridized carbons (Fsp3) is 0.214. The molecule has 104 valence electrons. The van der Waals surface area contributed by atoms with E-state index in [9.17, 15) is 19.3 Å². The quantitative estimate of drug-likeness (QED) is 0.639. The number of pyridine rings is 1. The summed E-state index contributed by atoms with van der Waals surface area (Å²) in [5, 5.41) is 10.8. The van der Waals surface area contributed by atoms with Crippen LogP contribution in [0.5, 0.6) is 0 Å². The Morgan fingerprint density at radius 3 is 2.60 bits per heavy atom. The third-order valence-corrected chi connectivity index (χ3v) is 3.11. The van der Waals surface area contributed by atoms with Crippen LogP contribution in [0.2, 0.25) is 0 Å². The van der Waals surface area contributed by atoms with Crippen LogP contribution < -0.4 is 5.56 Å². The minimum absolute atomic E-state index is 0.102. The molecule has 1 aromatic carbocycles. The molecule has 0 fully saturated rings. The first-order chi connectivity index (χ1) is 9.38. The SMILES string of the molecule is Cc1ccc(F)cc1Cn1cc([N+](=O)[O-])cc(C)c1=O. The normalized spacial score (nSPS) is 10.6. The van der Waals surface area contributed by atoms with Crippen LogP contribution in [0.4, 0.5) is 10.1 Å². The molecule has 6 heteroatoms. The highest BCUT2D eigenvalue weighted by Gasteiger charge is 2.12. The van der Waals surface area contributed by atoms with Gasteiger partial charge >= 0.3 is 0 Å². The standard InChI is InChI=1S/C14H13FN2O3/c1-9-3-4-12(15)6-11(9)7-16-8-13(17(19)20)5-10(2)14(16)18/h3-6,8H,7H2,1-2H3. The van der Waals surface area contributed by atoms with Crippen LogP contribution in [-0.2, 0) is 6.54 Å². The summed E-state index contributed by atoms with van der Waals surface area (Å²) in [5.41, 5.74) is 1.25. The lowest BCUT2D eigenvalue weighted by Crippen LogP contribution is -2.23. The topological polar surface area (TPSA) is 65.1 Å². The van der Waals surface area contributed by atoms with Gasteiger partial charge in [0.15, 0.2) is 0 Å². The number of aryl methyl sites for hydroxylation is 2. The van der Waals surface area contributed by atoms with Gasteiger partial charge in [-0.2, -0.15) is 0 Å². The molecule has 1 aromatic heterocycles. The number of benzene rings is 1. The van der Waals surface area contributed by atoms with Crippen LogP contribution in [-0.4, -0.2) is 9.49 Å². The van der Waals surface area contributed by atoms with E-state index in [1.165, 1.54) is 35.9 Å². The van der Waals surface area contributed by atoms with Gasteiger partial charge in [-0.1, -0.05) is 6.07 Å². The highest BCUT2D eigenvalue weighted by atomic mass is 19.1. The highest BCUT2D eigenvalue weighted by Crippen LogP contribution is 2.14. The number of hydrogen-bond acceptors (Lipinski definition) is 3. The van der Waals surface area contributed by atoms with E-state index >= 15 is 0 Å². The molecule has 0 aliphatic heterocycles. The molecule has 0 atom stereocenters. The Balaban J connectivity index is 2.50. The molecule has 0 saturated heterocycles. The lowest BCUT2D eigenvalue weighted by Gasteiger charge is -2.09. The lowest BCUT2D eigenvalue weighted by atomic mass is 10.1. The summed E-state index contributed by atoms with van der Waals surface area (Å²) in [6.07, 6.45) is 1.18. The summed E-state index contributed by atoms with van der Waals surface area (Å²) in [6, 6.07) is 5.51. The number of halogens is 1. The van der Waals surface area contributed by atoms with E-state index in [-0.39, 0.29) is 23.4 Å². The van der Waals surface area contributed by atoms with Gasteiger partial charge in [-0.3, -0.25) is 14.9 Å². The molecule has 0 bridgehead atoms. The smallest absolute Gasteiger partial charge is 0.286 e. The Hall–Kier alpha value is -2.50. The number of hydrogen-bond donors (Lipinski definition) is 0. The fourth-order valence-corrected chi connectivity index (χ4v) is 1.98. The largest absolute Gasteiger partial charge is 0.304 e. The summed E-state index contributed by atoms with van der Waals surface area (Å²) >= 11 is 0. The van der Waals surface area contributed by atoms with E-state index in [0.29, 0.717) is 5.56 Å². The first kappa shape index (κ1) is 13.9. The van der Waals surface area contributed by atoms with Crippen molar-refractivity contribution in [3.63, 3.8) is 0 Å². The van der Waals surface area contributed by atoms with Crippen LogP contribution in [0.3, 0.4) is 0 Å². The number of nitrogens with zero attached hydrogens (tertiary/aromatic N) is 2. The van der Waals surface area contributed by atoms with Crippen molar-refractivity contribution in [3.8, 4) is 0 Å². The molecule has 2 rings (SSSR count). The van der Waals surface area contributed by atoms with Gasteiger partial charge in [0.05, 0.1) is 17.7 Å². The van der Waals surface area contributed by atoms with Crippen molar-refractivity contribution in [2.45, 2.75) is 20.4 Å². The molecular weight excluding hydrogens is 263 g/mol. The monoisotopic (exact) mass is 276 g/mol. The van der Waals surface area contributed by atoms with Gasteiger partial charge in [0, 0.05) is 11.6 Å². The number of rotatable bonds is 3. The third-order valence-electron chi connectivity index (χ3n) is 3.11. The predicted octanol–water partition coefficient (Wildman–Crippen LogP) is 2.56. The molecule has 0 amide bonds. The Morgan fingerprint density at radius 1 is 1.25 bits per heavy atom. The Kier molecular flexibility index (Phi) is 3.65. The summed E-state index contributed by atoms with van der Waals surface area (Å²) in [5.74, 6) is -0.402. The summed E-state index contributed by atoms with van der Waals surface area (Å²) in [4.78, 5) is 22.3. The second-order valence-electron chi connectivity index (χ2n) is 4.64. The first-order valence-corrected chi connectivity index (χ1v) is 5.99. The minimum atomic E-state index is -0.554. The Morgan fingerprint density at radius 2 is 1.95 bits per heavy atom.